The Morgan fingerprint density at radius 1 is 1.35 bits per heavy atom. The third kappa shape index (κ3) is 3.14. The second-order valence-electron chi connectivity index (χ2n) is 5.79. The van der Waals surface area contributed by atoms with Gasteiger partial charge in [0, 0.05) is 12.6 Å². The van der Waals surface area contributed by atoms with Gasteiger partial charge in [-0.3, -0.25) is 4.57 Å². The van der Waals surface area contributed by atoms with Gasteiger partial charge in [0.25, 0.3) is 0 Å². The molecule has 23 heavy (non-hydrogen) atoms. The van der Waals surface area contributed by atoms with Crippen LogP contribution in [-0.4, -0.2) is 39.8 Å². The number of hydrogen-bond acceptors (Lipinski definition) is 5. The largest absolute Gasteiger partial charge is 0.397 e. The number of halogens is 1. The van der Waals surface area contributed by atoms with Gasteiger partial charge in [-0.1, -0.05) is 13.8 Å². The molecule has 2 aromatic heterocycles. The lowest BCUT2D eigenvalue weighted by Crippen LogP contribution is -2.49. The van der Waals surface area contributed by atoms with Crippen molar-refractivity contribution in [2.24, 2.45) is 0 Å². The molecule has 1 fully saturated rings. The zero-order valence-corrected chi connectivity index (χ0v) is 13.4. The van der Waals surface area contributed by atoms with Crippen molar-refractivity contribution < 1.29 is 9.13 Å². The van der Waals surface area contributed by atoms with Gasteiger partial charge < -0.3 is 15.4 Å². The predicted molar refractivity (Wildman–Crippen MR) is 87.2 cm³/mol. The standard InChI is InChI=1S/C16H22FN5O/c1-3-12-9-23-13(4-2)7-22(12)15-8-21(10-20-15)16-14(17)5-11(18)6-19-16/h5-6,8,10,12-13H,3-4,7,9,18H2,1-2H3/t12-,13?/m1/s1. The minimum atomic E-state index is -0.464. The van der Waals surface area contributed by atoms with Gasteiger partial charge >= 0.3 is 0 Å². The van der Waals surface area contributed by atoms with Crippen LogP contribution < -0.4 is 10.6 Å². The highest BCUT2D eigenvalue weighted by Crippen LogP contribution is 2.24. The summed E-state index contributed by atoms with van der Waals surface area (Å²) in [5.74, 6) is 0.553. The SMILES string of the molecule is CCC1CN(c2cn(-c3ncc(N)cc3F)cn2)[C@H](CC)CO1. The Kier molecular flexibility index (Phi) is 4.47. The fraction of sp³-hybridized carbons (Fsp3) is 0.500. The van der Waals surface area contributed by atoms with Crippen LogP contribution in [0.3, 0.4) is 0 Å². The normalized spacial score (nSPS) is 21.6. The number of pyridine rings is 1. The van der Waals surface area contributed by atoms with Crippen molar-refractivity contribution in [1.82, 2.24) is 14.5 Å². The molecule has 124 valence electrons. The fourth-order valence-corrected chi connectivity index (χ4v) is 2.84. The predicted octanol–water partition coefficient (Wildman–Crippen LogP) is 2.38. The Bertz CT molecular complexity index is 674. The van der Waals surface area contributed by atoms with Crippen LogP contribution in [0.25, 0.3) is 5.82 Å². The van der Waals surface area contributed by atoms with Crippen LogP contribution in [0.5, 0.6) is 0 Å². The van der Waals surface area contributed by atoms with Gasteiger partial charge in [-0.15, -0.1) is 0 Å². The molecule has 2 atom stereocenters. The van der Waals surface area contributed by atoms with Crippen LogP contribution >= 0.6 is 0 Å². The van der Waals surface area contributed by atoms with E-state index in [-0.39, 0.29) is 18.0 Å². The molecule has 3 rings (SSSR count). The van der Waals surface area contributed by atoms with Gasteiger partial charge in [0.15, 0.2) is 11.6 Å². The Morgan fingerprint density at radius 2 is 2.17 bits per heavy atom. The maximum absolute atomic E-state index is 14.0. The minimum absolute atomic E-state index is 0.200. The summed E-state index contributed by atoms with van der Waals surface area (Å²) in [6.45, 7) is 5.73. The zero-order chi connectivity index (χ0) is 16.4. The van der Waals surface area contributed by atoms with Crippen molar-refractivity contribution in [1.29, 1.82) is 0 Å². The topological polar surface area (TPSA) is 69.2 Å². The molecule has 0 amide bonds. The summed E-state index contributed by atoms with van der Waals surface area (Å²) in [6, 6.07) is 1.55. The van der Waals surface area contributed by atoms with E-state index in [1.165, 1.54) is 12.3 Å². The van der Waals surface area contributed by atoms with E-state index in [1.807, 2.05) is 6.20 Å². The van der Waals surface area contributed by atoms with E-state index in [4.69, 9.17) is 10.5 Å². The van der Waals surface area contributed by atoms with E-state index in [1.54, 1.807) is 10.9 Å². The number of nitrogens with two attached hydrogens (primary N) is 1. The molecule has 2 N–H and O–H groups in total. The highest BCUT2D eigenvalue weighted by atomic mass is 19.1. The molecular weight excluding hydrogens is 297 g/mol. The van der Waals surface area contributed by atoms with Gasteiger partial charge in [-0.05, 0) is 12.8 Å². The van der Waals surface area contributed by atoms with E-state index < -0.39 is 5.82 Å². The van der Waals surface area contributed by atoms with Crippen LogP contribution in [0, 0.1) is 5.82 Å². The first kappa shape index (κ1) is 15.7. The number of rotatable bonds is 4. The second-order valence-corrected chi connectivity index (χ2v) is 5.79. The Morgan fingerprint density at radius 3 is 2.87 bits per heavy atom. The molecule has 0 saturated carbocycles. The van der Waals surface area contributed by atoms with Crippen molar-refractivity contribution in [3.8, 4) is 5.82 Å². The van der Waals surface area contributed by atoms with Gasteiger partial charge in [-0.25, -0.2) is 14.4 Å². The molecular formula is C16H22FN5O. The summed E-state index contributed by atoms with van der Waals surface area (Å²) in [7, 11) is 0. The van der Waals surface area contributed by atoms with Crippen LogP contribution in [0.1, 0.15) is 26.7 Å². The van der Waals surface area contributed by atoms with E-state index >= 15 is 0 Å². The first-order valence-electron chi connectivity index (χ1n) is 7.96. The molecule has 1 unspecified atom stereocenters. The third-order valence-electron chi connectivity index (χ3n) is 4.24. The Balaban J connectivity index is 1.87. The summed E-state index contributed by atoms with van der Waals surface area (Å²) in [4.78, 5) is 10.7. The molecule has 1 aliphatic heterocycles. The van der Waals surface area contributed by atoms with E-state index in [9.17, 15) is 4.39 Å². The van der Waals surface area contributed by atoms with E-state index in [0.717, 1.165) is 25.2 Å². The fourth-order valence-electron chi connectivity index (χ4n) is 2.84. The second kappa shape index (κ2) is 6.54. The Hall–Kier alpha value is -2.15. The zero-order valence-electron chi connectivity index (χ0n) is 13.4. The molecule has 6 nitrogen and oxygen atoms in total. The highest BCUT2D eigenvalue weighted by Gasteiger charge is 2.28. The van der Waals surface area contributed by atoms with Crippen molar-refractivity contribution in [3.63, 3.8) is 0 Å². The number of hydrogen-bond donors (Lipinski definition) is 1. The summed E-state index contributed by atoms with van der Waals surface area (Å²) >= 11 is 0. The van der Waals surface area contributed by atoms with Crippen LogP contribution in [-0.2, 0) is 4.74 Å². The first-order chi connectivity index (χ1) is 11.1. The van der Waals surface area contributed by atoms with Crippen molar-refractivity contribution in [3.05, 3.63) is 30.6 Å². The molecule has 1 aliphatic rings. The van der Waals surface area contributed by atoms with E-state index in [0.29, 0.717) is 12.3 Å². The molecule has 0 aromatic carbocycles. The number of aromatic nitrogens is 3. The average molecular weight is 319 g/mol. The molecule has 0 bridgehead atoms. The van der Waals surface area contributed by atoms with Crippen LogP contribution in [0.2, 0.25) is 0 Å². The monoisotopic (exact) mass is 319 g/mol. The number of nitrogen functional groups attached to an aromatic ring is 1. The molecule has 1 saturated heterocycles. The highest BCUT2D eigenvalue weighted by molar-refractivity contribution is 5.44. The number of ether oxygens (including phenoxy) is 1. The summed E-state index contributed by atoms with van der Waals surface area (Å²) in [6.07, 6.45) is 6.96. The molecule has 7 heteroatoms. The number of nitrogens with zero attached hydrogens (tertiary/aromatic N) is 4. The third-order valence-corrected chi connectivity index (χ3v) is 4.24. The maximum atomic E-state index is 14.0. The maximum Gasteiger partial charge on any atom is 0.174 e. The van der Waals surface area contributed by atoms with Gasteiger partial charge in [0.05, 0.1) is 36.8 Å². The quantitative estimate of drug-likeness (QED) is 0.937. The number of anilines is 2. The lowest BCUT2D eigenvalue weighted by Gasteiger charge is -2.39. The average Bonchev–Trinajstić information content (AvgIpc) is 3.03. The number of morpholine rings is 1. The van der Waals surface area contributed by atoms with Gasteiger partial charge in [0.2, 0.25) is 0 Å². The molecule has 0 spiro atoms. The van der Waals surface area contributed by atoms with Crippen molar-refractivity contribution in [2.45, 2.75) is 38.8 Å². The Labute approximate surface area is 135 Å². The molecule has 0 aliphatic carbocycles. The molecule has 2 aromatic rings. The van der Waals surface area contributed by atoms with Gasteiger partial charge in [-0.2, -0.15) is 0 Å². The van der Waals surface area contributed by atoms with Crippen LogP contribution in [0.15, 0.2) is 24.8 Å². The molecule has 3 heterocycles. The van der Waals surface area contributed by atoms with Crippen LogP contribution in [0.4, 0.5) is 15.9 Å². The minimum Gasteiger partial charge on any atom is -0.397 e. The lowest BCUT2D eigenvalue weighted by atomic mass is 10.1. The van der Waals surface area contributed by atoms with Crippen molar-refractivity contribution >= 4 is 11.5 Å². The smallest absolute Gasteiger partial charge is 0.174 e. The van der Waals surface area contributed by atoms with E-state index in [2.05, 4.69) is 28.7 Å². The lowest BCUT2D eigenvalue weighted by molar-refractivity contribution is 0.0163. The summed E-state index contributed by atoms with van der Waals surface area (Å²) < 4.78 is 21.5. The van der Waals surface area contributed by atoms with Gasteiger partial charge in [0.1, 0.15) is 12.1 Å². The first-order valence-corrected chi connectivity index (χ1v) is 7.96. The summed E-state index contributed by atoms with van der Waals surface area (Å²) in [5.41, 5.74) is 5.85. The molecule has 0 radical (unpaired) electrons. The van der Waals surface area contributed by atoms with Crippen molar-refractivity contribution in [2.75, 3.05) is 23.8 Å². The number of imidazole rings is 1. The summed E-state index contributed by atoms with van der Waals surface area (Å²) in [5, 5.41) is 0.